The maximum Gasteiger partial charge on any atom is 0.394 e. The maximum atomic E-state index is 12.7. The van der Waals surface area contributed by atoms with Gasteiger partial charge in [-0.05, 0) is 19.8 Å². The summed E-state index contributed by atoms with van der Waals surface area (Å²) >= 11 is 0. The van der Waals surface area contributed by atoms with Crippen LogP contribution in [0.5, 0.6) is 0 Å². The molecule has 0 aromatic carbocycles. The van der Waals surface area contributed by atoms with Gasteiger partial charge in [0.1, 0.15) is 5.82 Å². The number of H-pyrrole nitrogens is 1. The highest BCUT2D eigenvalue weighted by Gasteiger charge is 2.62. The molecule has 1 atom stereocenters. The lowest BCUT2D eigenvalue weighted by Crippen LogP contribution is -2.26. The van der Waals surface area contributed by atoms with Gasteiger partial charge in [0.05, 0.1) is 11.5 Å². The minimum atomic E-state index is -4.14. The zero-order valence-corrected chi connectivity index (χ0v) is 9.51. The Morgan fingerprint density at radius 2 is 2.18 bits per heavy atom. The highest BCUT2D eigenvalue weighted by molar-refractivity contribution is 5.11. The molecule has 96 valence electrons. The topological polar surface area (TPSA) is 48.9 Å². The number of rotatable bonds is 4. The summed E-state index contributed by atoms with van der Waals surface area (Å²) in [5, 5.41) is 9.15. The summed E-state index contributed by atoms with van der Waals surface area (Å²) in [4.78, 5) is 6.81. The van der Waals surface area contributed by atoms with Crippen molar-refractivity contribution in [3.63, 3.8) is 0 Å². The van der Waals surface area contributed by atoms with E-state index in [0.717, 1.165) is 0 Å². The first-order valence-electron chi connectivity index (χ1n) is 5.60. The number of imidazole rings is 1. The second kappa shape index (κ2) is 4.01. The molecule has 2 rings (SSSR count). The number of aromatic nitrogens is 2. The van der Waals surface area contributed by atoms with Crippen LogP contribution in [0, 0.1) is 5.41 Å². The molecule has 17 heavy (non-hydrogen) atoms. The largest absolute Gasteiger partial charge is 0.394 e. The zero-order valence-electron chi connectivity index (χ0n) is 9.51. The van der Waals surface area contributed by atoms with E-state index in [9.17, 15) is 13.2 Å². The number of nitrogens with one attached hydrogen (secondary N) is 1. The van der Waals surface area contributed by atoms with Crippen LogP contribution < -0.4 is 0 Å². The molecule has 0 aliphatic heterocycles. The molecule has 1 aromatic rings. The van der Waals surface area contributed by atoms with E-state index in [0.29, 0.717) is 17.9 Å². The molecular formula is C11H15F3N2O. The van der Waals surface area contributed by atoms with Crippen LogP contribution in [-0.4, -0.2) is 27.4 Å². The Balaban J connectivity index is 2.03. The lowest BCUT2D eigenvalue weighted by atomic mass is 10.0. The predicted molar refractivity (Wildman–Crippen MR) is 55.4 cm³/mol. The number of halogens is 3. The number of aromatic amines is 1. The van der Waals surface area contributed by atoms with Crippen molar-refractivity contribution in [2.45, 2.75) is 44.9 Å². The van der Waals surface area contributed by atoms with Crippen LogP contribution in [0.15, 0.2) is 6.20 Å². The van der Waals surface area contributed by atoms with E-state index in [2.05, 4.69) is 9.97 Å². The number of hydrogen-bond acceptors (Lipinski definition) is 2. The van der Waals surface area contributed by atoms with E-state index in [4.69, 9.17) is 5.11 Å². The van der Waals surface area contributed by atoms with Crippen LogP contribution >= 0.6 is 0 Å². The van der Waals surface area contributed by atoms with Crippen molar-refractivity contribution in [3.05, 3.63) is 17.7 Å². The minimum absolute atomic E-state index is 0.0384. The first-order valence-corrected chi connectivity index (χ1v) is 5.60. The highest BCUT2D eigenvalue weighted by atomic mass is 19.4. The molecule has 2 N–H and O–H groups in total. The normalized spacial score (nSPS) is 20.3. The third-order valence-corrected chi connectivity index (χ3v) is 3.15. The van der Waals surface area contributed by atoms with E-state index in [1.807, 2.05) is 0 Å². The fourth-order valence-electron chi connectivity index (χ4n) is 1.96. The number of alkyl halides is 3. The quantitative estimate of drug-likeness (QED) is 0.858. The molecule has 1 aliphatic carbocycles. The molecule has 1 aliphatic rings. The molecule has 0 radical (unpaired) electrons. The average molecular weight is 248 g/mol. The molecule has 0 amide bonds. The van der Waals surface area contributed by atoms with Crippen LogP contribution in [0.2, 0.25) is 0 Å². The minimum Gasteiger partial charge on any atom is -0.393 e. The second-order valence-electron chi connectivity index (χ2n) is 4.86. The highest BCUT2D eigenvalue weighted by Crippen LogP contribution is 2.59. The van der Waals surface area contributed by atoms with Crippen molar-refractivity contribution in [2.75, 3.05) is 0 Å². The first-order chi connectivity index (χ1) is 7.82. The van der Waals surface area contributed by atoms with Gasteiger partial charge in [-0.1, -0.05) is 0 Å². The Morgan fingerprint density at radius 3 is 2.65 bits per heavy atom. The van der Waals surface area contributed by atoms with Crippen LogP contribution in [0.25, 0.3) is 0 Å². The van der Waals surface area contributed by atoms with E-state index < -0.39 is 17.7 Å². The number of aliphatic hydroxyl groups excluding tert-OH is 1. The number of nitrogens with zero attached hydrogens (tertiary/aromatic N) is 1. The fraction of sp³-hybridized carbons (Fsp3) is 0.727. The Hall–Kier alpha value is -1.04. The van der Waals surface area contributed by atoms with Crippen molar-refractivity contribution in [1.29, 1.82) is 0 Å². The SMILES string of the molecule is CC(O)Cc1ncc(CC2(C(F)(F)F)CC2)[nH]1. The summed E-state index contributed by atoms with van der Waals surface area (Å²) in [6.45, 7) is 1.61. The van der Waals surface area contributed by atoms with Gasteiger partial charge in [0.25, 0.3) is 0 Å². The molecule has 0 spiro atoms. The third-order valence-electron chi connectivity index (χ3n) is 3.15. The first kappa shape index (κ1) is 12.4. The molecule has 1 saturated carbocycles. The average Bonchev–Trinajstić information content (AvgIpc) is 2.82. The monoisotopic (exact) mass is 248 g/mol. The molecule has 0 saturated heterocycles. The Labute approximate surface area is 97.1 Å². The van der Waals surface area contributed by atoms with Crippen molar-refractivity contribution in [1.82, 2.24) is 9.97 Å². The smallest absolute Gasteiger partial charge is 0.393 e. The number of aliphatic hydroxyl groups is 1. The summed E-state index contributed by atoms with van der Waals surface area (Å²) in [7, 11) is 0. The molecule has 0 bridgehead atoms. The van der Waals surface area contributed by atoms with Gasteiger partial charge in [-0.3, -0.25) is 0 Å². The van der Waals surface area contributed by atoms with Crippen LogP contribution in [-0.2, 0) is 12.8 Å². The maximum absolute atomic E-state index is 12.7. The molecule has 3 nitrogen and oxygen atoms in total. The van der Waals surface area contributed by atoms with Gasteiger partial charge in [0, 0.05) is 24.7 Å². The molecule has 6 heteroatoms. The fourth-order valence-corrected chi connectivity index (χ4v) is 1.96. The van der Waals surface area contributed by atoms with Gasteiger partial charge in [-0.15, -0.1) is 0 Å². The van der Waals surface area contributed by atoms with Gasteiger partial charge in [-0.25, -0.2) is 4.98 Å². The zero-order chi connectivity index (χ0) is 12.7. The predicted octanol–water partition coefficient (Wildman–Crippen LogP) is 2.22. The summed E-state index contributed by atoms with van der Waals surface area (Å²) in [5.74, 6) is 0.535. The van der Waals surface area contributed by atoms with E-state index in [1.165, 1.54) is 6.20 Å². The third kappa shape index (κ3) is 2.62. The summed E-state index contributed by atoms with van der Waals surface area (Å²) < 4.78 is 38.2. The standard InChI is InChI=1S/C11H15F3N2O/c1-7(17)4-9-15-6-8(16-9)5-10(2-3-10)11(12,13)14/h6-7,17H,2-5H2,1H3,(H,15,16). The van der Waals surface area contributed by atoms with Crippen molar-refractivity contribution in [2.24, 2.45) is 5.41 Å². The summed E-state index contributed by atoms with van der Waals surface area (Å²) in [5.41, 5.74) is -1.04. The molecular weight excluding hydrogens is 233 g/mol. The van der Waals surface area contributed by atoms with Crippen LogP contribution in [0.1, 0.15) is 31.3 Å². The van der Waals surface area contributed by atoms with Gasteiger partial charge < -0.3 is 10.1 Å². The number of hydrogen-bond donors (Lipinski definition) is 2. The Bertz CT molecular complexity index is 394. The molecule has 1 fully saturated rings. The van der Waals surface area contributed by atoms with Gasteiger partial charge in [-0.2, -0.15) is 13.2 Å². The van der Waals surface area contributed by atoms with Crippen LogP contribution in [0.4, 0.5) is 13.2 Å². The Morgan fingerprint density at radius 1 is 1.53 bits per heavy atom. The molecule has 1 unspecified atom stereocenters. The lowest BCUT2D eigenvalue weighted by Gasteiger charge is -2.17. The Kier molecular flexibility index (Phi) is 2.93. The van der Waals surface area contributed by atoms with Crippen molar-refractivity contribution in [3.8, 4) is 0 Å². The van der Waals surface area contributed by atoms with Gasteiger partial charge in [0.15, 0.2) is 0 Å². The van der Waals surface area contributed by atoms with Gasteiger partial charge in [0.2, 0.25) is 0 Å². The summed E-state index contributed by atoms with van der Waals surface area (Å²) in [6, 6.07) is 0. The summed E-state index contributed by atoms with van der Waals surface area (Å²) in [6.07, 6.45) is -2.57. The van der Waals surface area contributed by atoms with Crippen LogP contribution in [0.3, 0.4) is 0 Å². The molecule has 1 heterocycles. The van der Waals surface area contributed by atoms with Crippen molar-refractivity contribution < 1.29 is 18.3 Å². The second-order valence-corrected chi connectivity index (χ2v) is 4.86. The van der Waals surface area contributed by atoms with E-state index in [1.54, 1.807) is 6.92 Å². The molecule has 1 aromatic heterocycles. The van der Waals surface area contributed by atoms with Gasteiger partial charge >= 0.3 is 6.18 Å². The lowest BCUT2D eigenvalue weighted by molar-refractivity contribution is -0.186. The van der Waals surface area contributed by atoms with E-state index in [-0.39, 0.29) is 19.3 Å². The van der Waals surface area contributed by atoms with E-state index >= 15 is 0 Å². The van der Waals surface area contributed by atoms with Crippen molar-refractivity contribution >= 4 is 0 Å².